The van der Waals surface area contributed by atoms with Gasteiger partial charge in [-0.1, -0.05) is 119 Å². The Labute approximate surface area is 364 Å². The number of nitrogens with zero attached hydrogens (tertiary/aromatic N) is 4. The summed E-state index contributed by atoms with van der Waals surface area (Å²) in [5.74, 6) is 2.01. The molecule has 0 amide bonds. The number of thiophene rings is 1. The molecule has 5 nitrogen and oxygen atoms in total. The molecule has 0 atom stereocenters. The van der Waals surface area contributed by atoms with Gasteiger partial charge in [0, 0.05) is 70.0 Å². The van der Waals surface area contributed by atoms with Crippen molar-refractivity contribution in [1.82, 2.24) is 14.5 Å². The Bertz CT molecular complexity index is 3660. The maximum Gasteiger partial charge on any atom is 0.135 e. The van der Waals surface area contributed by atoms with E-state index in [4.69, 9.17) is 14.7 Å². The summed E-state index contributed by atoms with van der Waals surface area (Å²) in [6.07, 6.45) is 1.85. The third-order valence-electron chi connectivity index (χ3n) is 11.7. The van der Waals surface area contributed by atoms with Crippen molar-refractivity contribution in [1.29, 1.82) is 0 Å². The Kier molecular flexibility index (Phi) is 8.52. The topological polar surface area (TPSA) is 45.3 Å². The van der Waals surface area contributed by atoms with E-state index >= 15 is 0 Å². The summed E-state index contributed by atoms with van der Waals surface area (Å²) in [4.78, 5) is 10.4. The standard InChI is InChI=1S/C53H34N4OS.Pt/c1-31-27-32(2)48(33(3)28-31)50-51(34-13-5-4-6-14-34)57-43-17-9-7-15-38(43)37-22-20-35(29-42(37)53(57)55-50)58-36-21-23-39-40-24-25-46-49(41-16-8-10-18-45(41)59-46)52(40)56(44(39)30-36)47-19-11-12-26-54-47;/h4-28H,1-3H3;/q-2;. The van der Waals surface area contributed by atoms with Gasteiger partial charge >= 0.3 is 0 Å². The summed E-state index contributed by atoms with van der Waals surface area (Å²) in [5.41, 5.74) is 11.9. The molecule has 0 aliphatic heterocycles. The molecule has 0 fully saturated rings. The Balaban J connectivity index is 0.00000408. The quantitative estimate of drug-likeness (QED) is 0.0981. The molecule has 0 N–H and O–H groups in total. The van der Waals surface area contributed by atoms with Crippen molar-refractivity contribution < 1.29 is 30.2 Å². The van der Waals surface area contributed by atoms with Crippen LogP contribution in [0.4, 0.5) is 0 Å². The first-order valence-corrected chi connectivity index (χ1v) is 20.6. The van der Waals surface area contributed by atoms with Crippen LogP contribution >= 0.6 is 11.3 Å². The third-order valence-corrected chi connectivity index (χ3v) is 12.8. The van der Waals surface area contributed by atoms with E-state index in [1.807, 2.05) is 41.8 Å². The average molecular weight is 970 g/mol. The van der Waals surface area contributed by atoms with Gasteiger partial charge in [0.1, 0.15) is 5.82 Å². The predicted octanol–water partition coefficient (Wildman–Crippen LogP) is 13.2. The number of ether oxygens (including phenoxy) is 1. The largest absolute Gasteiger partial charge is 0.503 e. The minimum Gasteiger partial charge on any atom is -0.503 e. The van der Waals surface area contributed by atoms with Gasteiger partial charge in [0.2, 0.25) is 0 Å². The van der Waals surface area contributed by atoms with Gasteiger partial charge in [0.25, 0.3) is 0 Å². The number of aromatic nitrogens is 4. The number of hydrogen-bond donors (Lipinski definition) is 0. The van der Waals surface area contributed by atoms with Gasteiger partial charge in [-0.15, -0.1) is 41.0 Å². The fourth-order valence-electron chi connectivity index (χ4n) is 9.35. The number of rotatable bonds is 5. The van der Waals surface area contributed by atoms with Crippen LogP contribution in [0.1, 0.15) is 16.7 Å². The van der Waals surface area contributed by atoms with Crippen LogP contribution in [-0.4, -0.2) is 9.55 Å². The zero-order chi connectivity index (χ0) is 39.4. The van der Waals surface area contributed by atoms with Crippen molar-refractivity contribution in [2.45, 2.75) is 20.8 Å². The van der Waals surface area contributed by atoms with Crippen LogP contribution in [0.2, 0.25) is 0 Å². The Hall–Kier alpha value is -6.59. The maximum atomic E-state index is 6.76. The summed E-state index contributed by atoms with van der Waals surface area (Å²) in [6, 6.07) is 58.6. The zero-order valence-electron chi connectivity index (χ0n) is 32.9. The van der Waals surface area contributed by atoms with E-state index in [0.29, 0.717) is 11.5 Å². The van der Waals surface area contributed by atoms with Crippen molar-refractivity contribution in [2.75, 3.05) is 0 Å². The van der Waals surface area contributed by atoms with Crippen LogP contribution in [0.5, 0.6) is 11.5 Å². The molecule has 60 heavy (non-hydrogen) atoms. The molecule has 12 rings (SSSR count). The van der Waals surface area contributed by atoms with Gasteiger partial charge in [-0.25, -0.2) is 4.98 Å². The van der Waals surface area contributed by atoms with Crippen molar-refractivity contribution in [3.8, 4) is 39.8 Å². The van der Waals surface area contributed by atoms with E-state index < -0.39 is 0 Å². The molecule has 0 saturated carbocycles. The van der Waals surface area contributed by atoms with Crippen molar-refractivity contribution in [2.24, 2.45) is 0 Å². The van der Waals surface area contributed by atoms with Crippen LogP contribution in [0.25, 0.3) is 97.6 Å². The number of pyridine rings is 2. The number of fused-ring (bicyclic) bond motifs is 13. The second-order valence-electron chi connectivity index (χ2n) is 15.4. The molecule has 12 aromatic rings. The first kappa shape index (κ1) is 36.5. The summed E-state index contributed by atoms with van der Waals surface area (Å²) in [7, 11) is 0. The fraction of sp³-hybridized carbons (Fsp3) is 0.0566. The average Bonchev–Trinajstić information content (AvgIpc) is 3.94. The van der Waals surface area contributed by atoms with Gasteiger partial charge in [0.05, 0.1) is 22.6 Å². The number of imidazole rings is 1. The van der Waals surface area contributed by atoms with Gasteiger partial charge < -0.3 is 13.7 Å². The Morgan fingerprint density at radius 1 is 0.650 bits per heavy atom. The molecule has 290 valence electrons. The normalized spacial score (nSPS) is 11.8. The molecule has 0 spiro atoms. The molecular formula is C53H34N4OPtS-2. The molecule has 0 saturated heterocycles. The van der Waals surface area contributed by atoms with Crippen molar-refractivity contribution in [3.63, 3.8) is 0 Å². The SMILES string of the molecule is Cc1cc(C)c(-c2[n-]c3c4[c-]c(Oc5[c-]c6c(cc5)c5ccc7sc8ccccc8c7c5n6-c5ccccn5)ccc4c4ccccc4[n+]3c2-c2ccccc2)c(C)c1.[Pt]. The molecule has 7 heteroatoms. The van der Waals surface area contributed by atoms with Gasteiger partial charge in [-0.2, -0.15) is 6.07 Å². The monoisotopic (exact) mass is 969 g/mol. The molecule has 0 aliphatic carbocycles. The molecule has 7 aromatic carbocycles. The zero-order valence-corrected chi connectivity index (χ0v) is 35.9. The van der Waals surface area contributed by atoms with Gasteiger partial charge in [-0.05, 0) is 78.6 Å². The van der Waals surface area contributed by atoms with Crippen LogP contribution in [0.15, 0.2) is 152 Å². The van der Waals surface area contributed by atoms with Crippen LogP contribution in [-0.2, 0) is 21.1 Å². The molecule has 0 bridgehead atoms. The van der Waals surface area contributed by atoms with Crippen LogP contribution in [0.3, 0.4) is 0 Å². The maximum absolute atomic E-state index is 6.76. The second kappa shape index (κ2) is 14.0. The van der Waals surface area contributed by atoms with Crippen molar-refractivity contribution in [3.05, 3.63) is 181 Å². The summed E-state index contributed by atoms with van der Waals surface area (Å²) < 4.78 is 13.8. The number of aryl methyl sites for hydroxylation is 3. The third kappa shape index (κ3) is 5.48. The van der Waals surface area contributed by atoms with Gasteiger partial charge in [0.15, 0.2) is 0 Å². The Morgan fingerprint density at radius 2 is 1.35 bits per heavy atom. The summed E-state index contributed by atoms with van der Waals surface area (Å²) in [6.45, 7) is 6.53. The molecule has 5 heterocycles. The number of benzene rings is 7. The summed E-state index contributed by atoms with van der Waals surface area (Å²) in [5, 5.41) is 7.79. The van der Waals surface area contributed by atoms with Crippen LogP contribution < -0.4 is 14.1 Å². The van der Waals surface area contributed by atoms with E-state index in [0.717, 1.165) is 77.5 Å². The van der Waals surface area contributed by atoms with Crippen LogP contribution in [0, 0.1) is 32.9 Å². The first-order valence-electron chi connectivity index (χ1n) is 19.8. The smallest absolute Gasteiger partial charge is 0.135 e. The molecule has 0 radical (unpaired) electrons. The van der Waals surface area contributed by atoms with E-state index in [1.54, 1.807) is 0 Å². The molecule has 5 aromatic heterocycles. The van der Waals surface area contributed by atoms with Crippen molar-refractivity contribution >= 4 is 80.6 Å². The number of para-hydroxylation sites is 1. The fourth-order valence-corrected chi connectivity index (χ4v) is 10.5. The van der Waals surface area contributed by atoms with E-state index in [1.165, 1.54) is 36.9 Å². The minimum atomic E-state index is 0. The molecule has 0 aliphatic rings. The predicted molar refractivity (Wildman–Crippen MR) is 242 cm³/mol. The second-order valence-corrected chi connectivity index (χ2v) is 16.5. The minimum absolute atomic E-state index is 0. The molecule has 0 unspecified atom stereocenters. The number of hydrogen-bond acceptors (Lipinski definition) is 3. The van der Waals surface area contributed by atoms with E-state index in [-0.39, 0.29) is 21.1 Å². The molecular weight excluding hydrogens is 936 g/mol. The van der Waals surface area contributed by atoms with Gasteiger partial charge in [-0.3, -0.25) is 4.98 Å². The first-order chi connectivity index (χ1) is 29.0. The van der Waals surface area contributed by atoms with E-state index in [9.17, 15) is 0 Å². The van der Waals surface area contributed by atoms with E-state index in [2.05, 4.69) is 163 Å². The Morgan fingerprint density at radius 3 is 2.15 bits per heavy atom. The summed E-state index contributed by atoms with van der Waals surface area (Å²) >= 11 is 1.82.